The molecular weight excluding hydrogens is 462 g/mol. The van der Waals surface area contributed by atoms with Crippen LogP contribution in [0.25, 0.3) is 17.2 Å². The molecule has 4 heterocycles. The number of methoxy groups -OCH3 is 1. The maximum absolute atomic E-state index is 13.3. The molecule has 1 saturated heterocycles. The molecule has 12 nitrogen and oxygen atoms in total. The average molecular weight is 490 g/mol. The molecule has 0 radical (unpaired) electrons. The maximum Gasteiger partial charge on any atom is 0.284 e. The van der Waals surface area contributed by atoms with Gasteiger partial charge in [0.25, 0.3) is 5.89 Å². The Hall–Kier alpha value is -3.05. The predicted molar refractivity (Wildman–Crippen MR) is 122 cm³/mol. The lowest BCUT2D eigenvalue weighted by molar-refractivity contribution is -0.0221. The van der Waals surface area contributed by atoms with Crippen molar-refractivity contribution < 1.29 is 23.7 Å². The third-order valence-electron chi connectivity index (χ3n) is 6.08. The Balaban J connectivity index is 0.00000289. The van der Waals surface area contributed by atoms with E-state index in [4.69, 9.17) is 13.9 Å². The van der Waals surface area contributed by atoms with Crippen LogP contribution in [0.1, 0.15) is 27.1 Å². The molecule has 1 N–H and O–H groups in total. The highest BCUT2D eigenvalue weighted by Gasteiger charge is 2.47. The van der Waals surface area contributed by atoms with Crippen LogP contribution in [-0.2, 0) is 19.5 Å². The molecular formula is C21H27N7O5S. The van der Waals surface area contributed by atoms with E-state index >= 15 is 0 Å². The second-order valence-corrected chi connectivity index (χ2v) is 10.4. The number of ether oxygens (including phenoxy) is 2. The van der Waals surface area contributed by atoms with E-state index in [1.165, 1.54) is 6.20 Å². The van der Waals surface area contributed by atoms with Gasteiger partial charge in [-0.25, -0.2) is 13.4 Å². The molecule has 0 aromatic carbocycles. The average Bonchev–Trinajstić information content (AvgIpc) is 3.22. The van der Waals surface area contributed by atoms with Gasteiger partial charge in [-0.2, -0.15) is 9.98 Å². The molecule has 1 aliphatic carbocycles. The van der Waals surface area contributed by atoms with Crippen LogP contribution < -0.4 is 9.62 Å². The Labute approximate surface area is 198 Å². The molecule has 34 heavy (non-hydrogen) atoms. The van der Waals surface area contributed by atoms with Crippen LogP contribution in [0.15, 0.2) is 27.8 Å². The van der Waals surface area contributed by atoms with E-state index < -0.39 is 15.6 Å². The molecule has 13 heteroatoms. The number of rotatable bonds is 7. The fraction of sp³-hybridized carbons (Fsp3) is 0.524. The van der Waals surface area contributed by atoms with E-state index in [9.17, 15) is 13.7 Å². The molecule has 182 valence electrons. The summed E-state index contributed by atoms with van der Waals surface area (Å²) >= 11 is 0. The Morgan fingerprint density at radius 1 is 1.41 bits per heavy atom. The van der Waals surface area contributed by atoms with Crippen LogP contribution in [0.3, 0.4) is 0 Å². The van der Waals surface area contributed by atoms with Gasteiger partial charge in [0, 0.05) is 34.2 Å². The highest BCUT2D eigenvalue weighted by molar-refractivity contribution is 7.89. The minimum atomic E-state index is -4.00. The van der Waals surface area contributed by atoms with Gasteiger partial charge in [-0.05, 0) is 25.8 Å². The first kappa shape index (κ1) is 22.7. The lowest BCUT2D eigenvalue weighted by Gasteiger charge is -2.39. The van der Waals surface area contributed by atoms with Gasteiger partial charge in [-0.1, -0.05) is 0 Å². The lowest BCUT2D eigenvalue weighted by atomic mass is 10.1. The number of aryl methyl sites for hydroxylation is 1. The summed E-state index contributed by atoms with van der Waals surface area (Å²) in [6.45, 7) is 5.04. The van der Waals surface area contributed by atoms with Gasteiger partial charge in [-0.3, -0.25) is 4.40 Å². The van der Waals surface area contributed by atoms with Crippen molar-refractivity contribution in [1.82, 2.24) is 24.3 Å². The van der Waals surface area contributed by atoms with Gasteiger partial charge in [0.1, 0.15) is 10.4 Å². The normalized spacial score (nSPS) is 22.1. The van der Waals surface area contributed by atoms with E-state index in [2.05, 4.69) is 30.9 Å². The van der Waals surface area contributed by atoms with Crippen molar-refractivity contribution in [3.05, 3.63) is 24.4 Å². The summed E-state index contributed by atoms with van der Waals surface area (Å²) in [6, 6.07) is 3.66. The summed E-state index contributed by atoms with van der Waals surface area (Å²) in [5.41, 5.74) is 0.290. The molecule has 0 amide bonds. The van der Waals surface area contributed by atoms with Crippen molar-refractivity contribution in [1.29, 1.82) is 5.26 Å². The Bertz CT molecular complexity index is 1380. The van der Waals surface area contributed by atoms with Crippen LogP contribution >= 0.6 is 0 Å². The van der Waals surface area contributed by atoms with Gasteiger partial charge >= 0.3 is 0 Å². The van der Waals surface area contributed by atoms with Crippen LogP contribution in [0.5, 0.6) is 0 Å². The van der Waals surface area contributed by atoms with Crippen LogP contribution in [0.2, 0.25) is 0 Å². The third kappa shape index (κ3) is 4.03. The minimum absolute atomic E-state index is 0. The molecule has 2 fully saturated rings. The molecule has 0 spiro atoms. The Morgan fingerprint density at radius 3 is 2.85 bits per heavy atom. The molecule has 5 rings (SSSR count). The SMILES string of the molecule is COC[C@H]1CN(c2cc(S(=O)(=O)NC3(C#N)CC3)cn3c(-c4nnc(C)o4)ncc23)[C@@H](C)CO1.[HH]. The number of nitrogens with zero attached hydrogens (tertiary/aromatic N) is 6. The molecule has 0 bridgehead atoms. The summed E-state index contributed by atoms with van der Waals surface area (Å²) in [4.78, 5) is 6.55. The number of anilines is 1. The van der Waals surface area contributed by atoms with Crippen molar-refractivity contribution in [3.63, 3.8) is 0 Å². The molecule has 3 aromatic heterocycles. The second kappa shape index (κ2) is 8.31. The number of nitrogens with one attached hydrogen (secondary N) is 1. The molecule has 1 aliphatic heterocycles. The maximum atomic E-state index is 13.3. The number of hydrogen-bond acceptors (Lipinski definition) is 10. The first-order valence-electron chi connectivity index (χ1n) is 10.9. The predicted octanol–water partition coefficient (Wildman–Crippen LogP) is 1.51. The van der Waals surface area contributed by atoms with Crippen LogP contribution in [0, 0.1) is 18.3 Å². The zero-order chi connectivity index (χ0) is 24.1. The molecule has 3 aromatic rings. The van der Waals surface area contributed by atoms with Crippen LogP contribution in [0.4, 0.5) is 5.69 Å². The zero-order valence-corrected chi connectivity index (χ0v) is 19.9. The van der Waals surface area contributed by atoms with Gasteiger partial charge in [0.05, 0.1) is 42.8 Å². The Morgan fingerprint density at radius 2 is 2.21 bits per heavy atom. The fourth-order valence-corrected chi connectivity index (χ4v) is 5.49. The van der Waals surface area contributed by atoms with Gasteiger partial charge in [0.15, 0.2) is 0 Å². The summed E-state index contributed by atoms with van der Waals surface area (Å²) in [5.74, 6) is 0.866. The smallest absolute Gasteiger partial charge is 0.284 e. The summed E-state index contributed by atoms with van der Waals surface area (Å²) in [6.07, 6.45) is 3.91. The van der Waals surface area contributed by atoms with E-state index in [-0.39, 0.29) is 24.4 Å². The van der Waals surface area contributed by atoms with Crippen molar-refractivity contribution in [2.45, 2.75) is 49.3 Å². The summed E-state index contributed by atoms with van der Waals surface area (Å²) in [7, 11) is -2.39. The molecule has 0 unspecified atom stereocenters. The van der Waals surface area contributed by atoms with Gasteiger partial charge in [0.2, 0.25) is 21.7 Å². The molecule has 2 atom stereocenters. The fourth-order valence-electron chi connectivity index (χ4n) is 4.09. The van der Waals surface area contributed by atoms with Crippen molar-refractivity contribution in [2.24, 2.45) is 0 Å². The van der Waals surface area contributed by atoms with E-state index in [1.54, 1.807) is 30.7 Å². The second-order valence-electron chi connectivity index (χ2n) is 8.74. The first-order chi connectivity index (χ1) is 16.2. The van der Waals surface area contributed by atoms with Crippen molar-refractivity contribution in [2.75, 3.05) is 31.8 Å². The standard InChI is InChI=1S/C21H25N7O5S.H2/c1-13-10-32-15(11-31-3)8-27(13)17-6-16(34(29,30)26-21(12-22)4-5-21)9-28-18(17)7-23-19(28)20-25-24-14(2)33-20;/h6-7,9,13,15,26H,4-5,8,10-11H2,1-3H3;1H/t13-,15+;/m0./s1. The number of nitriles is 1. The van der Waals surface area contributed by atoms with Gasteiger partial charge in [-0.15, -0.1) is 10.2 Å². The number of imidazole rings is 1. The molecule has 1 saturated carbocycles. The number of hydrogen-bond donors (Lipinski definition) is 1. The first-order valence-corrected chi connectivity index (χ1v) is 12.4. The van der Waals surface area contributed by atoms with E-state index in [1.807, 2.05) is 6.92 Å². The third-order valence-corrected chi connectivity index (χ3v) is 7.59. The topological polar surface area (TPSA) is 148 Å². The van der Waals surface area contributed by atoms with E-state index in [0.717, 1.165) is 0 Å². The Kier molecular flexibility index (Phi) is 5.56. The van der Waals surface area contributed by atoms with Crippen LogP contribution in [-0.4, -0.2) is 72.6 Å². The largest absolute Gasteiger partial charge is 0.419 e. The zero-order valence-electron chi connectivity index (χ0n) is 19.1. The van der Waals surface area contributed by atoms with E-state index in [0.29, 0.717) is 55.5 Å². The summed E-state index contributed by atoms with van der Waals surface area (Å²) in [5, 5.41) is 17.3. The monoisotopic (exact) mass is 489 g/mol. The number of pyridine rings is 1. The minimum Gasteiger partial charge on any atom is -0.419 e. The highest BCUT2D eigenvalue weighted by atomic mass is 32.2. The number of morpholine rings is 1. The number of fused-ring (bicyclic) bond motifs is 1. The highest BCUT2D eigenvalue weighted by Crippen LogP contribution is 2.37. The number of aromatic nitrogens is 4. The lowest BCUT2D eigenvalue weighted by Crippen LogP contribution is -2.50. The van der Waals surface area contributed by atoms with Crippen molar-refractivity contribution >= 4 is 21.2 Å². The summed E-state index contributed by atoms with van der Waals surface area (Å²) < 4.78 is 47.6. The molecule has 2 aliphatic rings. The van der Waals surface area contributed by atoms with Crippen molar-refractivity contribution in [3.8, 4) is 17.8 Å². The number of sulfonamides is 1. The quantitative estimate of drug-likeness (QED) is 0.518. The van der Waals surface area contributed by atoms with Gasteiger partial charge < -0.3 is 18.8 Å².